The number of H-pyrrole nitrogens is 1. The summed E-state index contributed by atoms with van der Waals surface area (Å²) in [6.07, 6.45) is 12.5. The quantitative estimate of drug-likeness (QED) is 0.167. The van der Waals surface area contributed by atoms with Crippen molar-refractivity contribution < 1.29 is 22.7 Å². The third-order valence-corrected chi connectivity index (χ3v) is 10.3. The highest BCUT2D eigenvalue weighted by Crippen LogP contribution is 2.47. The number of aromatic amines is 1. The number of fused-ring (bicyclic) bond motifs is 2. The summed E-state index contributed by atoms with van der Waals surface area (Å²) in [5, 5.41) is 1.88. The maximum atomic E-state index is 13.7. The molecule has 0 spiro atoms. The normalized spacial score (nSPS) is 16.8. The second-order valence-corrected chi connectivity index (χ2v) is 13.4. The van der Waals surface area contributed by atoms with Crippen LogP contribution in [-0.4, -0.2) is 28.1 Å². The number of nitrogens with one attached hydrogen (secondary N) is 1. The average molecular weight is 633 g/mol. The second-order valence-electron chi connectivity index (χ2n) is 13.4. The molecule has 46 heavy (non-hydrogen) atoms. The Morgan fingerprint density at radius 2 is 1.76 bits per heavy atom. The minimum atomic E-state index is -4.29. The Bertz CT molecular complexity index is 1700. The number of aryl methyl sites for hydroxylation is 1. The SMILES string of the molecule is CCCCOc1ccc2c(ccn2CC(=O)C2CCC2)c1.CCCc1c(C2CCC2)ccc2c(C(=C3CCC3)C(F)(F)F)c[nH]c12. The smallest absolute Gasteiger partial charge is 0.417 e. The van der Waals surface area contributed by atoms with E-state index < -0.39 is 11.7 Å². The van der Waals surface area contributed by atoms with Gasteiger partial charge in [0.2, 0.25) is 0 Å². The van der Waals surface area contributed by atoms with Gasteiger partial charge in [-0.15, -0.1) is 0 Å². The van der Waals surface area contributed by atoms with Gasteiger partial charge >= 0.3 is 6.18 Å². The molecule has 3 aliphatic rings. The van der Waals surface area contributed by atoms with E-state index in [2.05, 4.69) is 47.7 Å². The molecule has 3 fully saturated rings. The Hall–Kier alpha value is -3.48. The Balaban J connectivity index is 0.000000164. The van der Waals surface area contributed by atoms with Gasteiger partial charge in [0.1, 0.15) is 5.75 Å². The van der Waals surface area contributed by atoms with Crippen LogP contribution in [0.5, 0.6) is 5.75 Å². The minimum Gasteiger partial charge on any atom is -0.494 e. The molecule has 7 heteroatoms. The number of rotatable bonds is 11. The Labute approximate surface area is 270 Å². The topological polar surface area (TPSA) is 47.0 Å². The summed E-state index contributed by atoms with van der Waals surface area (Å²) in [5.74, 6) is 2.19. The number of benzene rings is 2. The molecule has 3 aliphatic carbocycles. The number of carbonyl (C=O) groups excluding carboxylic acids is 1. The van der Waals surface area contributed by atoms with Gasteiger partial charge in [0.05, 0.1) is 18.7 Å². The van der Waals surface area contributed by atoms with E-state index in [1.165, 1.54) is 36.8 Å². The summed E-state index contributed by atoms with van der Waals surface area (Å²) in [6, 6.07) is 12.2. The molecule has 0 unspecified atom stereocenters. The number of unbranched alkanes of at least 4 members (excludes halogenated alkanes) is 1. The highest BCUT2D eigenvalue weighted by molar-refractivity contribution is 5.97. The van der Waals surface area contributed by atoms with Gasteiger partial charge in [0, 0.05) is 45.7 Å². The predicted octanol–water partition coefficient (Wildman–Crippen LogP) is 11.1. The summed E-state index contributed by atoms with van der Waals surface area (Å²) in [4.78, 5) is 15.3. The lowest BCUT2D eigenvalue weighted by molar-refractivity contribution is -0.125. The number of aromatic nitrogens is 2. The van der Waals surface area contributed by atoms with Gasteiger partial charge in [-0.05, 0) is 99.1 Å². The van der Waals surface area contributed by atoms with Gasteiger partial charge in [-0.25, -0.2) is 0 Å². The molecule has 0 radical (unpaired) electrons. The van der Waals surface area contributed by atoms with Crippen LogP contribution in [0.2, 0.25) is 0 Å². The zero-order valence-electron chi connectivity index (χ0n) is 27.3. The largest absolute Gasteiger partial charge is 0.494 e. The molecule has 1 N–H and O–H groups in total. The Kier molecular flexibility index (Phi) is 9.95. The third kappa shape index (κ3) is 6.79. The first kappa shape index (κ1) is 32.5. The van der Waals surface area contributed by atoms with E-state index in [0.29, 0.717) is 48.1 Å². The van der Waals surface area contributed by atoms with Gasteiger partial charge in [0.15, 0.2) is 5.78 Å². The first-order chi connectivity index (χ1) is 22.3. The molecule has 2 heterocycles. The molecule has 7 rings (SSSR count). The van der Waals surface area contributed by atoms with Crippen LogP contribution < -0.4 is 4.74 Å². The van der Waals surface area contributed by atoms with Crippen LogP contribution >= 0.6 is 0 Å². The molecule has 246 valence electrons. The van der Waals surface area contributed by atoms with Crippen molar-refractivity contribution >= 4 is 33.2 Å². The fraction of sp³-hybridized carbons (Fsp3) is 0.513. The summed E-state index contributed by atoms with van der Waals surface area (Å²) in [5.41, 5.74) is 5.12. The number of ketones is 1. The molecule has 0 aliphatic heterocycles. The lowest BCUT2D eigenvalue weighted by Crippen LogP contribution is -2.25. The average Bonchev–Trinajstić information content (AvgIpc) is 3.54. The van der Waals surface area contributed by atoms with E-state index in [0.717, 1.165) is 79.1 Å². The Morgan fingerprint density at radius 1 is 0.978 bits per heavy atom. The number of halogens is 3. The maximum absolute atomic E-state index is 13.7. The molecule has 0 atom stereocenters. The number of hydrogen-bond donors (Lipinski definition) is 1. The second kappa shape index (κ2) is 14.1. The van der Waals surface area contributed by atoms with E-state index in [9.17, 15) is 18.0 Å². The van der Waals surface area contributed by atoms with E-state index in [1.807, 2.05) is 18.3 Å². The highest BCUT2D eigenvalue weighted by Gasteiger charge is 2.40. The molecule has 4 aromatic rings. The van der Waals surface area contributed by atoms with Gasteiger partial charge < -0.3 is 14.3 Å². The zero-order valence-corrected chi connectivity index (χ0v) is 27.3. The summed E-state index contributed by atoms with van der Waals surface area (Å²) >= 11 is 0. The summed E-state index contributed by atoms with van der Waals surface area (Å²) in [6.45, 7) is 5.56. The standard InChI is InChI=1S/C21H24F3N.C18H23NO2/c1-2-5-16-15(13-6-3-7-13)10-11-17-18(12-25-20(16)17)19(21(22,23)24)14-8-4-9-14;1-2-3-11-21-16-7-8-17-15(12-16)9-10-19(17)13-18(20)14-5-4-6-14/h10-13,25H,2-9H2,1H3;7-10,12,14H,2-6,11,13H2,1H3. The van der Waals surface area contributed by atoms with Crippen LogP contribution in [0.4, 0.5) is 13.2 Å². The van der Waals surface area contributed by atoms with Crippen LogP contribution in [0.3, 0.4) is 0 Å². The van der Waals surface area contributed by atoms with Gasteiger partial charge in [-0.3, -0.25) is 4.79 Å². The van der Waals surface area contributed by atoms with Crippen LogP contribution in [0, 0.1) is 5.92 Å². The van der Waals surface area contributed by atoms with E-state index in [4.69, 9.17) is 4.74 Å². The van der Waals surface area contributed by atoms with Crippen LogP contribution in [-0.2, 0) is 17.8 Å². The van der Waals surface area contributed by atoms with E-state index in [1.54, 1.807) is 6.20 Å². The van der Waals surface area contributed by atoms with Crippen molar-refractivity contribution in [3.8, 4) is 5.75 Å². The predicted molar refractivity (Wildman–Crippen MR) is 180 cm³/mol. The van der Waals surface area contributed by atoms with Crippen LogP contribution in [0.25, 0.3) is 27.4 Å². The number of ether oxygens (including phenoxy) is 1. The van der Waals surface area contributed by atoms with Crippen molar-refractivity contribution in [1.82, 2.24) is 9.55 Å². The number of allylic oxidation sites excluding steroid dienone is 2. The first-order valence-electron chi connectivity index (χ1n) is 17.4. The number of nitrogens with zero attached hydrogens (tertiary/aromatic N) is 1. The third-order valence-electron chi connectivity index (χ3n) is 10.3. The van der Waals surface area contributed by atoms with Crippen LogP contribution in [0.1, 0.15) is 114 Å². The minimum absolute atomic E-state index is 0.305. The van der Waals surface area contributed by atoms with Gasteiger partial charge in [-0.1, -0.05) is 57.2 Å². The van der Waals surface area contributed by atoms with Crippen LogP contribution in [0.15, 0.2) is 54.4 Å². The highest BCUT2D eigenvalue weighted by atomic mass is 19.4. The van der Waals surface area contributed by atoms with E-state index >= 15 is 0 Å². The van der Waals surface area contributed by atoms with Crippen molar-refractivity contribution in [2.24, 2.45) is 5.92 Å². The fourth-order valence-corrected chi connectivity index (χ4v) is 7.02. The molecular formula is C39H47F3N2O2. The van der Waals surface area contributed by atoms with Gasteiger partial charge in [-0.2, -0.15) is 13.2 Å². The number of hydrogen-bond acceptors (Lipinski definition) is 2. The van der Waals surface area contributed by atoms with Crippen molar-refractivity contribution in [3.63, 3.8) is 0 Å². The van der Waals surface area contributed by atoms with Crippen molar-refractivity contribution in [3.05, 3.63) is 71.1 Å². The molecule has 2 aromatic heterocycles. The lowest BCUT2D eigenvalue weighted by atomic mass is 9.77. The molecule has 0 saturated heterocycles. The Morgan fingerprint density at radius 3 is 2.37 bits per heavy atom. The number of carbonyl (C=O) groups is 1. The van der Waals surface area contributed by atoms with Gasteiger partial charge in [0.25, 0.3) is 0 Å². The fourth-order valence-electron chi connectivity index (χ4n) is 7.02. The maximum Gasteiger partial charge on any atom is 0.417 e. The number of alkyl halides is 3. The van der Waals surface area contributed by atoms with E-state index in [-0.39, 0.29) is 0 Å². The van der Waals surface area contributed by atoms with Crippen molar-refractivity contribution in [1.29, 1.82) is 0 Å². The molecule has 0 amide bonds. The number of Topliss-reactive ketones (excluding diaryl/α,β-unsaturated/α-hetero) is 1. The first-order valence-corrected chi connectivity index (χ1v) is 17.4. The molecular weight excluding hydrogens is 585 g/mol. The monoisotopic (exact) mass is 632 g/mol. The summed E-state index contributed by atoms with van der Waals surface area (Å²) in [7, 11) is 0. The van der Waals surface area contributed by atoms with Crippen molar-refractivity contribution in [2.45, 2.75) is 116 Å². The molecule has 3 saturated carbocycles. The molecule has 0 bridgehead atoms. The summed E-state index contributed by atoms with van der Waals surface area (Å²) < 4.78 is 49.0. The molecule has 2 aromatic carbocycles. The lowest BCUT2D eigenvalue weighted by Gasteiger charge is -2.28. The molecule has 4 nitrogen and oxygen atoms in total. The van der Waals surface area contributed by atoms with Crippen molar-refractivity contribution in [2.75, 3.05) is 6.61 Å². The zero-order chi connectivity index (χ0) is 32.3.